The van der Waals surface area contributed by atoms with Gasteiger partial charge >= 0.3 is 6.09 Å². The molecule has 18 heavy (non-hydrogen) atoms. The molecule has 5 heteroatoms. The fourth-order valence-corrected chi connectivity index (χ4v) is 2.08. The van der Waals surface area contributed by atoms with Crippen LogP contribution in [0.25, 0.3) is 0 Å². The minimum atomic E-state index is -0.285. The summed E-state index contributed by atoms with van der Waals surface area (Å²) >= 11 is 0. The van der Waals surface area contributed by atoms with Crippen LogP contribution in [0.2, 0.25) is 0 Å². The van der Waals surface area contributed by atoms with E-state index in [4.69, 9.17) is 9.84 Å². The fraction of sp³-hybridized carbons (Fsp3) is 0.923. The normalized spacial score (nSPS) is 17.7. The maximum Gasteiger partial charge on any atom is 0.407 e. The lowest BCUT2D eigenvalue weighted by Gasteiger charge is -2.28. The Morgan fingerprint density at radius 1 is 1.28 bits per heavy atom. The summed E-state index contributed by atoms with van der Waals surface area (Å²) in [6.07, 6.45) is 5.50. The Hall–Kier alpha value is -0.810. The molecule has 0 bridgehead atoms. The van der Waals surface area contributed by atoms with E-state index in [1.807, 2.05) is 0 Å². The molecule has 1 aliphatic rings. The Labute approximate surface area is 109 Å². The average Bonchev–Trinajstić information content (AvgIpc) is 2.36. The van der Waals surface area contributed by atoms with Crippen LogP contribution in [0.3, 0.4) is 0 Å². The van der Waals surface area contributed by atoms with E-state index in [1.54, 1.807) is 0 Å². The molecule has 5 nitrogen and oxygen atoms in total. The van der Waals surface area contributed by atoms with E-state index < -0.39 is 0 Å². The van der Waals surface area contributed by atoms with Crippen molar-refractivity contribution in [2.75, 3.05) is 33.3 Å². The predicted molar refractivity (Wildman–Crippen MR) is 70.6 cm³/mol. The zero-order valence-corrected chi connectivity index (χ0v) is 11.4. The summed E-state index contributed by atoms with van der Waals surface area (Å²) in [6, 6.07) is 0. The minimum absolute atomic E-state index is 0.0792. The van der Waals surface area contributed by atoms with E-state index in [-0.39, 0.29) is 18.8 Å². The molecule has 0 atom stereocenters. The summed E-state index contributed by atoms with van der Waals surface area (Å²) in [6.45, 7) is 2.92. The number of hydrogen-bond acceptors (Lipinski definition) is 4. The number of carbonyl (C=O) groups excluding carboxylic acids is 1. The zero-order chi connectivity index (χ0) is 13.2. The van der Waals surface area contributed by atoms with Crippen LogP contribution in [-0.2, 0) is 4.74 Å². The van der Waals surface area contributed by atoms with Crippen LogP contribution in [-0.4, -0.2) is 55.5 Å². The summed E-state index contributed by atoms with van der Waals surface area (Å²) in [5.41, 5.74) is 0. The lowest BCUT2D eigenvalue weighted by molar-refractivity contribution is 0.0572. The molecular formula is C13H26N2O3. The monoisotopic (exact) mass is 258 g/mol. The van der Waals surface area contributed by atoms with E-state index in [1.165, 1.54) is 0 Å². The standard InChI is InChI=1S/C13H26N2O3/c1-15-9-6-12(7-10-15)18-13(17)14-8-4-2-3-5-11-16/h12,16H,2-11H2,1H3,(H,14,17). The van der Waals surface area contributed by atoms with Crippen molar-refractivity contribution in [1.29, 1.82) is 0 Å². The average molecular weight is 258 g/mol. The van der Waals surface area contributed by atoms with E-state index in [9.17, 15) is 4.79 Å². The largest absolute Gasteiger partial charge is 0.446 e. The molecule has 1 saturated heterocycles. The summed E-state index contributed by atoms with van der Waals surface area (Å²) in [7, 11) is 2.09. The van der Waals surface area contributed by atoms with Crippen LogP contribution >= 0.6 is 0 Å². The molecule has 0 aromatic carbocycles. The van der Waals surface area contributed by atoms with Gasteiger partial charge in [-0.1, -0.05) is 12.8 Å². The fourth-order valence-electron chi connectivity index (χ4n) is 2.08. The molecule has 0 radical (unpaired) electrons. The summed E-state index contributed by atoms with van der Waals surface area (Å²) in [5, 5.41) is 11.4. The molecule has 1 rings (SSSR count). The molecule has 0 spiro atoms. The molecule has 0 unspecified atom stereocenters. The number of nitrogens with one attached hydrogen (secondary N) is 1. The first-order chi connectivity index (χ1) is 8.72. The van der Waals surface area contributed by atoms with E-state index in [2.05, 4.69) is 17.3 Å². The van der Waals surface area contributed by atoms with Gasteiger partial charge in [-0.3, -0.25) is 0 Å². The third-order valence-corrected chi connectivity index (χ3v) is 3.29. The number of unbranched alkanes of at least 4 members (excludes halogenated alkanes) is 3. The number of amides is 1. The van der Waals surface area contributed by atoms with E-state index in [0.29, 0.717) is 6.54 Å². The van der Waals surface area contributed by atoms with E-state index >= 15 is 0 Å². The van der Waals surface area contributed by atoms with Gasteiger partial charge in [-0.05, 0) is 32.7 Å². The Kier molecular flexibility index (Phi) is 7.76. The van der Waals surface area contributed by atoms with Crippen LogP contribution < -0.4 is 5.32 Å². The third kappa shape index (κ3) is 6.81. The quantitative estimate of drug-likeness (QED) is 0.677. The zero-order valence-electron chi connectivity index (χ0n) is 11.4. The first-order valence-corrected chi connectivity index (χ1v) is 6.96. The molecular weight excluding hydrogens is 232 g/mol. The second kappa shape index (κ2) is 9.16. The molecule has 0 aromatic heterocycles. The smallest absolute Gasteiger partial charge is 0.407 e. The van der Waals surface area contributed by atoms with Gasteiger partial charge in [-0.25, -0.2) is 4.79 Å². The van der Waals surface area contributed by atoms with Crippen LogP contribution in [0.1, 0.15) is 38.5 Å². The predicted octanol–water partition coefficient (Wildman–Crippen LogP) is 1.36. The van der Waals surface area contributed by atoms with Gasteiger partial charge in [0.1, 0.15) is 6.10 Å². The van der Waals surface area contributed by atoms with Crippen molar-refractivity contribution in [3.05, 3.63) is 0 Å². The molecule has 1 amide bonds. The Balaban J connectivity index is 1.97. The highest BCUT2D eigenvalue weighted by Crippen LogP contribution is 2.12. The summed E-state index contributed by atoms with van der Waals surface area (Å²) in [4.78, 5) is 13.7. The second-order valence-corrected chi connectivity index (χ2v) is 4.97. The second-order valence-electron chi connectivity index (χ2n) is 4.97. The van der Waals surface area contributed by atoms with Crippen molar-refractivity contribution >= 4 is 6.09 Å². The van der Waals surface area contributed by atoms with Crippen LogP contribution in [0, 0.1) is 0 Å². The van der Waals surface area contributed by atoms with Crippen molar-refractivity contribution in [3.8, 4) is 0 Å². The summed E-state index contributed by atoms with van der Waals surface area (Å²) < 4.78 is 5.35. The Morgan fingerprint density at radius 3 is 2.61 bits per heavy atom. The topological polar surface area (TPSA) is 61.8 Å². The number of ether oxygens (including phenoxy) is 1. The number of alkyl carbamates (subject to hydrolysis) is 1. The molecule has 1 fully saturated rings. The number of nitrogens with zero attached hydrogens (tertiary/aromatic N) is 1. The first kappa shape index (κ1) is 15.2. The van der Waals surface area contributed by atoms with Gasteiger partial charge in [0.25, 0.3) is 0 Å². The summed E-state index contributed by atoms with van der Waals surface area (Å²) in [5.74, 6) is 0. The number of rotatable bonds is 7. The number of aliphatic hydroxyl groups excluding tert-OH is 1. The van der Waals surface area contributed by atoms with Gasteiger partial charge in [-0.15, -0.1) is 0 Å². The minimum Gasteiger partial charge on any atom is -0.446 e. The van der Waals surface area contributed by atoms with Crippen molar-refractivity contribution in [3.63, 3.8) is 0 Å². The van der Waals surface area contributed by atoms with Crippen LogP contribution in [0.15, 0.2) is 0 Å². The Morgan fingerprint density at radius 2 is 1.94 bits per heavy atom. The van der Waals surface area contributed by atoms with Gasteiger partial charge in [0.15, 0.2) is 0 Å². The van der Waals surface area contributed by atoms with E-state index in [0.717, 1.165) is 51.6 Å². The van der Waals surface area contributed by atoms with Crippen molar-refractivity contribution in [2.24, 2.45) is 0 Å². The number of hydrogen-bond donors (Lipinski definition) is 2. The first-order valence-electron chi connectivity index (χ1n) is 6.96. The molecule has 1 aliphatic heterocycles. The van der Waals surface area contributed by atoms with Crippen molar-refractivity contribution in [1.82, 2.24) is 10.2 Å². The number of likely N-dealkylation sites (tertiary alicyclic amines) is 1. The van der Waals surface area contributed by atoms with Gasteiger partial charge < -0.3 is 20.1 Å². The molecule has 106 valence electrons. The highest BCUT2D eigenvalue weighted by atomic mass is 16.6. The SMILES string of the molecule is CN1CCC(OC(=O)NCCCCCCO)CC1. The van der Waals surface area contributed by atoms with Gasteiger partial charge in [-0.2, -0.15) is 0 Å². The number of carbonyl (C=O) groups is 1. The highest BCUT2D eigenvalue weighted by molar-refractivity contribution is 5.67. The van der Waals surface area contributed by atoms with Gasteiger partial charge in [0.2, 0.25) is 0 Å². The maximum atomic E-state index is 11.5. The lowest BCUT2D eigenvalue weighted by Crippen LogP contribution is -2.37. The Bertz CT molecular complexity index is 228. The van der Waals surface area contributed by atoms with Crippen LogP contribution in [0.4, 0.5) is 4.79 Å². The lowest BCUT2D eigenvalue weighted by atomic mass is 10.1. The molecule has 2 N–H and O–H groups in total. The molecule has 1 heterocycles. The maximum absolute atomic E-state index is 11.5. The third-order valence-electron chi connectivity index (χ3n) is 3.29. The van der Waals surface area contributed by atoms with Gasteiger partial charge in [0, 0.05) is 26.2 Å². The molecule has 0 aliphatic carbocycles. The van der Waals surface area contributed by atoms with Crippen LogP contribution in [0.5, 0.6) is 0 Å². The molecule has 0 saturated carbocycles. The van der Waals surface area contributed by atoms with Crippen molar-refractivity contribution < 1.29 is 14.6 Å². The highest BCUT2D eigenvalue weighted by Gasteiger charge is 2.19. The van der Waals surface area contributed by atoms with Gasteiger partial charge in [0.05, 0.1) is 0 Å². The molecule has 0 aromatic rings. The van der Waals surface area contributed by atoms with Crippen molar-refractivity contribution in [2.45, 2.75) is 44.6 Å². The number of piperidine rings is 1. The number of aliphatic hydroxyl groups is 1.